The normalized spacial score (nSPS) is 10.1. The van der Waals surface area contributed by atoms with Crippen LogP contribution < -0.4 is 9.47 Å². The highest BCUT2D eigenvalue weighted by molar-refractivity contribution is 5.76. The van der Waals surface area contributed by atoms with Gasteiger partial charge in [0, 0.05) is 18.8 Å². The average Bonchev–Trinajstić information content (AvgIpc) is 2.40. The highest BCUT2D eigenvalue weighted by Gasteiger charge is 2.06. The van der Waals surface area contributed by atoms with Crippen LogP contribution in [0.15, 0.2) is 18.2 Å². The fourth-order valence-electron chi connectivity index (χ4n) is 1.21. The summed E-state index contributed by atoms with van der Waals surface area (Å²) in [5, 5.41) is 0. The fourth-order valence-corrected chi connectivity index (χ4v) is 1.21. The van der Waals surface area contributed by atoms with Crippen LogP contribution in [0.4, 0.5) is 0 Å². The second-order valence-electron chi connectivity index (χ2n) is 3.33. The molecule has 0 bridgehead atoms. The Balaban J connectivity index is 2.69. The molecule has 1 rings (SSSR count). The topological polar surface area (TPSA) is 54.0 Å². The Hall–Kier alpha value is -1.59. The van der Waals surface area contributed by atoms with Crippen LogP contribution in [-0.2, 0) is 9.47 Å². The lowest BCUT2D eigenvalue weighted by Crippen LogP contribution is -2.07. The molecule has 1 aromatic rings. The minimum Gasteiger partial charge on any atom is -0.464 e. The lowest BCUT2D eigenvalue weighted by molar-refractivity contribution is 0.00603. The molecule has 0 aliphatic rings. The maximum Gasteiger partial charge on any atom is 0.189 e. The first-order chi connectivity index (χ1) is 8.81. The lowest BCUT2D eigenvalue weighted by Gasteiger charge is -2.12. The number of ether oxygens (including phenoxy) is 4. The molecule has 0 atom stereocenters. The van der Waals surface area contributed by atoms with Crippen LogP contribution in [0.2, 0.25) is 0 Å². The van der Waals surface area contributed by atoms with Crippen molar-refractivity contribution in [1.29, 1.82) is 0 Å². The smallest absolute Gasteiger partial charge is 0.189 e. The van der Waals surface area contributed by atoms with E-state index in [1.165, 1.54) is 0 Å². The molecule has 0 spiro atoms. The third-order valence-corrected chi connectivity index (χ3v) is 2.11. The number of hydrogen-bond donors (Lipinski definition) is 0. The van der Waals surface area contributed by atoms with Crippen molar-refractivity contribution in [2.75, 3.05) is 26.8 Å². The monoisotopic (exact) mass is 254 g/mol. The van der Waals surface area contributed by atoms with E-state index in [2.05, 4.69) is 0 Å². The third kappa shape index (κ3) is 4.73. The van der Waals surface area contributed by atoms with Crippen LogP contribution in [0.25, 0.3) is 0 Å². The molecule has 5 heteroatoms. The number of rotatable bonds is 9. The number of aldehydes is 1. The Morgan fingerprint density at radius 1 is 1.00 bits per heavy atom. The van der Waals surface area contributed by atoms with Crippen molar-refractivity contribution in [3.63, 3.8) is 0 Å². The predicted octanol–water partition coefficient (Wildman–Crippen LogP) is 2.24. The first kappa shape index (κ1) is 14.5. The first-order valence-corrected chi connectivity index (χ1v) is 5.82. The van der Waals surface area contributed by atoms with Crippen LogP contribution in [0.3, 0.4) is 0 Å². The van der Waals surface area contributed by atoms with Gasteiger partial charge in [0.25, 0.3) is 0 Å². The molecule has 5 nitrogen and oxygen atoms in total. The van der Waals surface area contributed by atoms with Crippen LogP contribution in [0.5, 0.6) is 11.5 Å². The van der Waals surface area contributed by atoms with E-state index < -0.39 is 0 Å². The Labute approximate surface area is 107 Å². The Bertz CT molecular complexity index is 364. The van der Waals surface area contributed by atoms with E-state index in [1.54, 1.807) is 18.2 Å². The van der Waals surface area contributed by atoms with Crippen LogP contribution >= 0.6 is 0 Å². The molecule has 0 heterocycles. The van der Waals surface area contributed by atoms with Gasteiger partial charge in [0.1, 0.15) is 6.29 Å². The quantitative estimate of drug-likeness (QED) is 0.384. The molecule has 0 aliphatic carbocycles. The Morgan fingerprint density at radius 2 is 1.61 bits per heavy atom. The van der Waals surface area contributed by atoms with Gasteiger partial charge in [0.15, 0.2) is 25.1 Å². The van der Waals surface area contributed by atoms with E-state index in [1.807, 2.05) is 13.8 Å². The lowest BCUT2D eigenvalue weighted by atomic mass is 10.2. The SMILES string of the molecule is CCOCOc1ccc(C=O)cc1OCOCC. The summed E-state index contributed by atoms with van der Waals surface area (Å²) < 4.78 is 21.0. The van der Waals surface area contributed by atoms with Crippen LogP contribution in [-0.4, -0.2) is 33.1 Å². The van der Waals surface area contributed by atoms with E-state index in [0.717, 1.165) is 6.29 Å². The first-order valence-electron chi connectivity index (χ1n) is 5.82. The van der Waals surface area contributed by atoms with Gasteiger partial charge in [-0.15, -0.1) is 0 Å². The highest BCUT2D eigenvalue weighted by Crippen LogP contribution is 2.28. The van der Waals surface area contributed by atoms with Crippen molar-refractivity contribution in [2.24, 2.45) is 0 Å². The maximum atomic E-state index is 10.7. The van der Waals surface area contributed by atoms with Gasteiger partial charge in [0.2, 0.25) is 0 Å². The van der Waals surface area contributed by atoms with Gasteiger partial charge in [-0.1, -0.05) is 0 Å². The second kappa shape index (κ2) is 8.49. The Kier molecular flexibility index (Phi) is 6.83. The highest BCUT2D eigenvalue weighted by atomic mass is 16.7. The second-order valence-corrected chi connectivity index (χ2v) is 3.33. The standard InChI is InChI=1S/C13H18O5/c1-3-15-9-17-12-6-5-11(8-14)7-13(12)18-10-16-4-2/h5-8H,3-4,9-10H2,1-2H3. The zero-order valence-electron chi connectivity index (χ0n) is 10.7. The number of hydrogen-bond acceptors (Lipinski definition) is 5. The van der Waals surface area contributed by atoms with Crippen molar-refractivity contribution >= 4 is 6.29 Å². The number of carbonyl (C=O) groups excluding carboxylic acids is 1. The summed E-state index contributed by atoms with van der Waals surface area (Å²) >= 11 is 0. The van der Waals surface area contributed by atoms with Gasteiger partial charge in [-0.25, -0.2) is 0 Å². The molecular weight excluding hydrogens is 236 g/mol. The summed E-state index contributed by atoms with van der Waals surface area (Å²) in [5.41, 5.74) is 0.519. The molecule has 0 saturated heterocycles. The summed E-state index contributed by atoms with van der Waals surface area (Å²) in [5.74, 6) is 0.988. The largest absolute Gasteiger partial charge is 0.464 e. The minimum absolute atomic E-state index is 0.115. The molecule has 18 heavy (non-hydrogen) atoms. The van der Waals surface area contributed by atoms with E-state index in [4.69, 9.17) is 18.9 Å². The molecule has 0 fully saturated rings. The van der Waals surface area contributed by atoms with E-state index in [-0.39, 0.29) is 13.6 Å². The maximum absolute atomic E-state index is 10.7. The summed E-state index contributed by atoms with van der Waals surface area (Å²) in [6, 6.07) is 4.93. The molecule has 0 N–H and O–H groups in total. The van der Waals surface area contributed by atoms with Gasteiger partial charge < -0.3 is 18.9 Å². The molecule has 0 radical (unpaired) electrons. The molecule has 0 amide bonds. The molecular formula is C13H18O5. The van der Waals surface area contributed by atoms with Gasteiger partial charge in [-0.3, -0.25) is 4.79 Å². The third-order valence-electron chi connectivity index (χ3n) is 2.11. The molecule has 0 saturated carbocycles. The summed E-state index contributed by atoms with van der Waals surface area (Å²) in [6.07, 6.45) is 0.750. The van der Waals surface area contributed by atoms with Gasteiger partial charge >= 0.3 is 0 Å². The van der Waals surface area contributed by atoms with Crippen LogP contribution in [0, 0.1) is 0 Å². The summed E-state index contributed by atoms with van der Waals surface area (Å²) in [4.78, 5) is 10.7. The van der Waals surface area contributed by atoms with E-state index in [0.29, 0.717) is 30.3 Å². The molecule has 0 aromatic heterocycles. The van der Waals surface area contributed by atoms with Crippen molar-refractivity contribution in [1.82, 2.24) is 0 Å². The van der Waals surface area contributed by atoms with Gasteiger partial charge in [0.05, 0.1) is 0 Å². The molecule has 0 unspecified atom stereocenters. The van der Waals surface area contributed by atoms with E-state index >= 15 is 0 Å². The molecule has 1 aromatic carbocycles. The zero-order valence-corrected chi connectivity index (χ0v) is 10.7. The van der Waals surface area contributed by atoms with E-state index in [9.17, 15) is 4.79 Å². The van der Waals surface area contributed by atoms with Crippen LogP contribution in [0.1, 0.15) is 24.2 Å². The zero-order chi connectivity index (χ0) is 13.2. The number of benzene rings is 1. The fraction of sp³-hybridized carbons (Fsp3) is 0.462. The van der Waals surface area contributed by atoms with Gasteiger partial charge in [-0.2, -0.15) is 0 Å². The summed E-state index contributed by atoms with van der Waals surface area (Å²) in [6.45, 7) is 5.14. The van der Waals surface area contributed by atoms with Gasteiger partial charge in [-0.05, 0) is 32.0 Å². The van der Waals surface area contributed by atoms with Crippen molar-refractivity contribution < 1.29 is 23.7 Å². The van der Waals surface area contributed by atoms with Crippen molar-refractivity contribution in [3.05, 3.63) is 23.8 Å². The van der Waals surface area contributed by atoms with Crippen molar-refractivity contribution in [2.45, 2.75) is 13.8 Å². The summed E-state index contributed by atoms with van der Waals surface area (Å²) in [7, 11) is 0. The average molecular weight is 254 g/mol. The minimum atomic E-state index is 0.115. The predicted molar refractivity (Wildman–Crippen MR) is 66.1 cm³/mol. The van der Waals surface area contributed by atoms with Crippen molar-refractivity contribution in [3.8, 4) is 11.5 Å². The molecule has 100 valence electrons. The number of carbonyl (C=O) groups is 1. The molecule has 0 aliphatic heterocycles. The Morgan fingerprint density at radius 3 is 2.17 bits per heavy atom.